The Labute approximate surface area is 114 Å². The van der Waals surface area contributed by atoms with Crippen molar-refractivity contribution in [1.29, 1.82) is 0 Å². The van der Waals surface area contributed by atoms with Gasteiger partial charge in [0.25, 0.3) is 5.91 Å². The van der Waals surface area contributed by atoms with Gasteiger partial charge in [-0.1, -0.05) is 6.92 Å². The minimum absolute atomic E-state index is 0.110. The highest BCUT2D eigenvalue weighted by molar-refractivity contribution is 5.95. The molecular weight excluding hydrogens is 240 g/mol. The number of hydrogen-bond donors (Lipinski definition) is 2. The van der Waals surface area contributed by atoms with E-state index in [0.717, 1.165) is 38.3 Å². The highest BCUT2D eigenvalue weighted by Crippen LogP contribution is 2.15. The molecule has 2 heterocycles. The molecule has 106 valence electrons. The summed E-state index contributed by atoms with van der Waals surface area (Å²) in [7, 11) is 0. The number of piperidine rings is 1. The lowest BCUT2D eigenvalue weighted by Crippen LogP contribution is -2.41. The highest BCUT2D eigenvalue weighted by Gasteiger charge is 2.22. The SMILES string of the molecule is CCCN(CC1CCCNC1)C(=O)c1cn[nH]c1C. The lowest BCUT2D eigenvalue weighted by Gasteiger charge is -2.30. The Morgan fingerprint density at radius 3 is 3.00 bits per heavy atom. The molecule has 0 radical (unpaired) electrons. The zero-order valence-corrected chi connectivity index (χ0v) is 11.9. The lowest BCUT2D eigenvalue weighted by atomic mass is 9.98. The number of amides is 1. The van der Waals surface area contributed by atoms with Crippen LogP contribution in [0.3, 0.4) is 0 Å². The molecule has 1 amide bonds. The van der Waals surface area contributed by atoms with E-state index in [9.17, 15) is 4.79 Å². The Hall–Kier alpha value is -1.36. The van der Waals surface area contributed by atoms with Gasteiger partial charge in [-0.15, -0.1) is 0 Å². The second kappa shape index (κ2) is 6.70. The fourth-order valence-corrected chi connectivity index (χ4v) is 2.67. The van der Waals surface area contributed by atoms with Crippen molar-refractivity contribution >= 4 is 5.91 Å². The molecule has 0 saturated carbocycles. The Bertz CT molecular complexity index is 409. The van der Waals surface area contributed by atoms with Crippen LogP contribution in [0, 0.1) is 12.8 Å². The van der Waals surface area contributed by atoms with Crippen LogP contribution in [0.5, 0.6) is 0 Å². The quantitative estimate of drug-likeness (QED) is 0.848. The first-order chi connectivity index (χ1) is 9.22. The maximum atomic E-state index is 12.5. The van der Waals surface area contributed by atoms with E-state index in [0.29, 0.717) is 11.5 Å². The molecule has 2 N–H and O–H groups in total. The van der Waals surface area contributed by atoms with Crippen LogP contribution < -0.4 is 5.32 Å². The van der Waals surface area contributed by atoms with E-state index < -0.39 is 0 Å². The van der Waals surface area contributed by atoms with Gasteiger partial charge in [0.15, 0.2) is 0 Å². The number of H-pyrrole nitrogens is 1. The standard InChI is InChI=1S/C14H24N4O/c1-3-7-18(10-12-5-4-6-15-8-12)14(19)13-9-16-17-11(13)2/h9,12,15H,3-8,10H2,1-2H3,(H,16,17). The molecule has 1 atom stereocenters. The molecule has 5 heteroatoms. The van der Waals surface area contributed by atoms with Crippen LogP contribution in [0.25, 0.3) is 0 Å². The average Bonchev–Trinajstić information content (AvgIpc) is 2.85. The van der Waals surface area contributed by atoms with Gasteiger partial charge in [0.2, 0.25) is 0 Å². The molecule has 19 heavy (non-hydrogen) atoms. The molecule has 1 unspecified atom stereocenters. The van der Waals surface area contributed by atoms with Crippen molar-refractivity contribution in [3.63, 3.8) is 0 Å². The van der Waals surface area contributed by atoms with Crippen LogP contribution in [0.15, 0.2) is 6.20 Å². The van der Waals surface area contributed by atoms with Gasteiger partial charge >= 0.3 is 0 Å². The fourth-order valence-electron chi connectivity index (χ4n) is 2.67. The molecule has 1 aromatic rings. The molecule has 0 aliphatic carbocycles. The Balaban J connectivity index is 2.02. The van der Waals surface area contributed by atoms with Gasteiger partial charge in [-0.2, -0.15) is 5.10 Å². The van der Waals surface area contributed by atoms with Gasteiger partial charge in [-0.25, -0.2) is 0 Å². The lowest BCUT2D eigenvalue weighted by molar-refractivity contribution is 0.0718. The van der Waals surface area contributed by atoms with Crippen molar-refractivity contribution in [1.82, 2.24) is 20.4 Å². The average molecular weight is 264 g/mol. The summed E-state index contributed by atoms with van der Waals surface area (Å²) in [6, 6.07) is 0. The molecular formula is C14H24N4O. The van der Waals surface area contributed by atoms with E-state index in [1.807, 2.05) is 11.8 Å². The number of aromatic nitrogens is 2. The molecule has 5 nitrogen and oxygen atoms in total. The van der Waals surface area contributed by atoms with Gasteiger partial charge in [0.1, 0.15) is 0 Å². The monoisotopic (exact) mass is 264 g/mol. The number of aromatic amines is 1. The van der Waals surface area contributed by atoms with Crippen molar-refractivity contribution in [3.05, 3.63) is 17.5 Å². The maximum absolute atomic E-state index is 12.5. The fraction of sp³-hybridized carbons (Fsp3) is 0.714. The van der Waals surface area contributed by atoms with E-state index in [4.69, 9.17) is 0 Å². The maximum Gasteiger partial charge on any atom is 0.257 e. The van der Waals surface area contributed by atoms with Crippen LogP contribution >= 0.6 is 0 Å². The summed E-state index contributed by atoms with van der Waals surface area (Å²) >= 11 is 0. The van der Waals surface area contributed by atoms with Crippen LogP contribution in [0.4, 0.5) is 0 Å². The molecule has 0 spiro atoms. The molecule has 2 rings (SSSR count). The first-order valence-electron chi connectivity index (χ1n) is 7.22. The second-order valence-corrected chi connectivity index (χ2v) is 5.37. The normalized spacial score (nSPS) is 19.4. The van der Waals surface area contributed by atoms with Crippen LogP contribution in [-0.4, -0.2) is 47.2 Å². The number of aryl methyl sites for hydroxylation is 1. The van der Waals surface area contributed by atoms with Crippen molar-refractivity contribution in [2.24, 2.45) is 5.92 Å². The highest BCUT2D eigenvalue weighted by atomic mass is 16.2. The van der Waals surface area contributed by atoms with E-state index in [-0.39, 0.29) is 5.91 Å². The van der Waals surface area contributed by atoms with E-state index in [2.05, 4.69) is 22.4 Å². The van der Waals surface area contributed by atoms with Gasteiger partial charge in [0, 0.05) is 18.8 Å². The third-order valence-electron chi connectivity index (χ3n) is 3.72. The van der Waals surface area contributed by atoms with Crippen molar-refractivity contribution in [2.45, 2.75) is 33.1 Å². The number of nitrogens with one attached hydrogen (secondary N) is 2. The second-order valence-electron chi connectivity index (χ2n) is 5.37. The Morgan fingerprint density at radius 1 is 1.58 bits per heavy atom. The van der Waals surface area contributed by atoms with Gasteiger partial charge in [-0.05, 0) is 45.2 Å². The van der Waals surface area contributed by atoms with Crippen LogP contribution in [-0.2, 0) is 0 Å². The molecule has 1 saturated heterocycles. The summed E-state index contributed by atoms with van der Waals surface area (Å²) in [5.74, 6) is 0.690. The summed E-state index contributed by atoms with van der Waals surface area (Å²) in [6.07, 6.45) is 5.05. The summed E-state index contributed by atoms with van der Waals surface area (Å²) < 4.78 is 0. The van der Waals surface area contributed by atoms with Crippen molar-refractivity contribution in [2.75, 3.05) is 26.2 Å². The number of carbonyl (C=O) groups is 1. The molecule has 1 fully saturated rings. The molecule has 0 aromatic carbocycles. The van der Waals surface area contributed by atoms with Crippen LogP contribution in [0.2, 0.25) is 0 Å². The Morgan fingerprint density at radius 2 is 2.42 bits per heavy atom. The molecule has 0 bridgehead atoms. The van der Waals surface area contributed by atoms with Gasteiger partial charge in [-0.3, -0.25) is 9.89 Å². The third-order valence-corrected chi connectivity index (χ3v) is 3.72. The molecule has 1 aliphatic heterocycles. The minimum Gasteiger partial charge on any atom is -0.338 e. The number of carbonyl (C=O) groups excluding carboxylic acids is 1. The predicted molar refractivity (Wildman–Crippen MR) is 75.1 cm³/mol. The number of rotatable bonds is 5. The summed E-state index contributed by atoms with van der Waals surface area (Å²) in [4.78, 5) is 14.5. The topological polar surface area (TPSA) is 61.0 Å². The summed E-state index contributed by atoms with van der Waals surface area (Å²) in [5.41, 5.74) is 1.56. The number of hydrogen-bond acceptors (Lipinski definition) is 3. The first-order valence-corrected chi connectivity index (χ1v) is 7.22. The summed E-state index contributed by atoms with van der Waals surface area (Å²) in [6.45, 7) is 7.81. The van der Waals surface area contributed by atoms with E-state index in [1.165, 1.54) is 12.8 Å². The largest absolute Gasteiger partial charge is 0.338 e. The smallest absolute Gasteiger partial charge is 0.257 e. The minimum atomic E-state index is 0.110. The zero-order valence-electron chi connectivity index (χ0n) is 11.9. The zero-order chi connectivity index (χ0) is 13.7. The molecule has 1 aliphatic rings. The number of nitrogens with zero attached hydrogens (tertiary/aromatic N) is 2. The predicted octanol–water partition coefficient (Wildman–Crippen LogP) is 1.57. The first kappa shape index (κ1) is 14.1. The van der Waals surface area contributed by atoms with Gasteiger partial charge < -0.3 is 10.2 Å². The van der Waals surface area contributed by atoms with E-state index in [1.54, 1.807) is 6.20 Å². The third kappa shape index (κ3) is 3.56. The van der Waals surface area contributed by atoms with Gasteiger partial charge in [0.05, 0.1) is 11.8 Å². The van der Waals surface area contributed by atoms with Crippen LogP contribution in [0.1, 0.15) is 42.2 Å². The Kier molecular flexibility index (Phi) is 4.96. The van der Waals surface area contributed by atoms with E-state index >= 15 is 0 Å². The van der Waals surface area contributed by atoms with Crippen molar-refractivity contribution < 1.29 is 4.79 Å². The molecule has 1 aromatic heterocycles. The summed E-state index contributed by atoms with van der Waals surface area (Å²) in [5, 5.41) is 10.2. The van der Waals surface area contributed by atoms with Crippen molar-refractivity contribution in [3.8, 4) is 0 Å².